The van der Waals surface area contributed by atoms with Crippen molar-refractivity contribution in [2.75, 3.05) is 18.6 Å². The largest absolute Gasteiger partial charge is 0.496 e. The van der Waals surface area contributed by atoms with Crippen LogP contribution in [0.1, 0.15) is 74.5 Å². The molecule has 0 N–H and O–H groups in total. The molecular weight excluding hydrogens is 330 g/mol. The molecule has 0 bridgehead atoms. The summed E-state index contributed by atoms with van der Waals surface area (Å²) in [5.41, 5.74) is 5.45. The average Bonchev–Trinajstić information content (AvgIpc) is 3.53. The molecule has 2 heteroatoms. The van der Waals surface area contributed by atoms with E-state index < -0.39 is 0 Å². The normalized spacial score (nSPS) is 13.6. The van der Waals surface area contributed by atoms with Gasteiger partial charge in [-0.3, -0.25) is 0 Å². The van der Waals surface area contributed by atoms with Gasteiger partial charge >= 0.3 is 0 Å². The summed E-state index contributed by atoms with van der Waals surface area (Å²) in [5.74, 6) is 1.75. The van der Waals surface area contributed by atoms with Crippen molar-refractivity contribution >= 4 is 5.69 Å². The Labute approximate surface area is 165 Å². The molecule has 0 heterocycles. The molecule has 2 aromatic rings. The Morgan fingerprint density at radius 3 is 2.37 bits per heavy atom. The Balaban J connectivity index is 1.75. The zero-order valence-electron chi connectivity index (χ0n) is 17.3. The monoisotopic (exact) mass is 365 g/mol. The number of methoxy groups -OCH3 is 1. The minimum Gasteiger partial charge on any atom is -0.496 e. The highest BCUT2D eigenvalue weighted by Gasteiger charge is 2.27. The van der Waals surface area contributed by atoms with Gasteiger partial charge in [0.25, 0.3) is 0 Å². The number of nitrogens with zero attached hydrogens (tertiary/aromatic N) is 1. The van der Waals surface area contributed by atoms with Crippen LogP contribution in [0.2, 0.25) is 0 Å². The van der Waals surface area contributed by atoms with Gasteiger partial charge in [-0.15, -0.1) is 0 Å². The van der Waals surface area contributed by atoms with Gasteiger partial charge in [0.2, 0.25) is 0 Å². The Bertz CT molecular complexity index is 703. The van der Waals surface area contributed by atoms with Gasteiger partial charge in [0.15, 0.2) is 0 Å². The molecule has 1 aliphatic rings. The number of benzene rings is 2. The van der Waals surface area contributed by atoms with Crippen molar-refractivity contribution in [2.24, 2.45) is 0 Å². The molecule has 146 valence electrons. The standard InChI is InChI=1S/C25H35NO/c1-4-5-6-7-8-17-26(19-21-11-9-20(2)10-12-21)23-15-16-25(27-3)24(18-23)22-13-14-22/h9-12,15-16,18,22H,4-8,13-14,17,19H2,1-3H3. The van der Waals surface area contributed by atoms with Crippen LogP contribution in [0.5, 0.6) is 5.75 Å². The lowest BCUT2D eigenvalue weighted by molar-refractivity contribution is 0.410. The molecule has 0 radical (unpaired) electrons. The van der Waals surface area contributed by atoms with E-state index in [9.17, 15) is 0 Å². The fourth-order valence-electron chi connectivity index (χ4n) is 3.75. The van der Waals surface area contributed by atoms with E-state index >= 15 is 0 Å². The lowest BCUT2D eigenvalue weighted by atomic mass is 10.1. The maximum absolute atomic E-state index is 5.62. The Hall–Kier alpha value is -1.96. The predicted octanol–water partition coefficient (Wildman–Crippen LogP) is 6.86. The summed E-state index contributed by atoms with van der Waals surface area (Å²) in [7, 11) is 1.79. The predicted molar refractivity (Wildman–Crippen MR) is 116 cm³/mol. The highest BCUT2D eigenvalue weighted by Crippen LogP contribution is 2.45. The topological polar surface area (TPSA) is 12.5 Å². The molecule has 0 spiro atoms. The van der Waals surface area contributed by atoms with Crippen LogP contribution in [0.15, 0.2) is 42.5 Å². The van der Waals surface area contributed by atoms with E-state index in [1.165, 1.54) is 67.3 Å². The van der Waals surface area contributed by atoms with Crippen LogP contribution in [0.4, 0.5) is 5.69 Å². The molecule has 0 amide bonds. The molecule has 0 aliphatic heterocycles. The fourth-order valence-corrected chi connectivity index (χ4v) is 3.75. The van der Waals surface area contributed by atoms with E-state index in [4.69, 9.17) is 4.74 Å². The van der Waals surface area contributed by atoms with E-state index in [0.717, 1.165) is 18.8 Å². The zero-order chi connectivity index (χ0) is 19.1. The van der Waals surface area contributed by atoms with Crippen molar-refractivity contribution in [1.29, 1.82) is 0 Å². The summed E-state index contributed by atoms with van der Waals surface area (Å²) in [4.78, 5) is 2.56. The molecule has 0 aromatic heterocycles. The molecule has 27 heavy (non-hydrogen) atoms. The highest BCUT2D eigenvalue weighted by molar-refractivity contribution is 5.55. The van der Waals surface area contributed by atoms with Crippen LogP contribution in [0, 0.1) is 6.92 Å². The summed E-state index contributed by atoms with van der Waals surface area (Å²) in [6.07, 6.45) is 9.19. The number of rotatable bonds is 11. The number of hydrogen-bond acceptors (Lipinski definition) is 2. The van der Waals surface area contributed by atoms with Gasteiger partial charge in [-0.2, -0.15) is 0 Å². The Kier molecular flexibility index (Phi) is 7.20. The second kappa shape index (κ2) is 9.82. The van der Waals surface area contributed by atoms with Crippen LogP contribution in [0.3, 0.4) is 0 Å². The zero-order valence-corrected chi connectivity index (χ0v) is 17.3. The van der Waals surface area contributed by atoms with E-state index in [2.05, 4.69) is 61.2 Å². The number of unbranched alkanes of at least 4 members (excludes halogenated alkanes) is 4. The van der Waals surface area contributed by atoms with Crippen LogP contribution in [-0.4, -0.2) is 13.7 Å². The first kappa shape index (κ1) is 19.8. The van der Waals surface area contributed by atoms with E-state index in [1.807, 2.05) is 0 Å². The molecule has 0 unspecified atom stereocenters. The molecule has 3 rings (SSSR count). The second-order valence-electron chi connectivity index (χ2n) is 8.02. The van der Waals surface area contributed by atoms with Gasteiger partial charge in [0.05, 0.1) is 7.11 Å². The first-order valence-corrected chi connectivity index (χ1v) is 10.7. The molecular formula is C25H35NO. The average molecular weight is 366 g/mol. The van der Waals surface area contributed by atoms with Crippen LogP contribution >= 0.6 is 0 Å². The van der Waals surface area contributed by atoms with Crippen molar-refractivity contribution < 1.29 is 4.74 Å². The smallest absolute Gasteiger partial charge is 0.122 e. The third-order valence-corrected chi connectivity index (χ3v) is 5.62. The highest BCUT2D eigenvalue weighted by atomic mass is 16.5. The lowest BCUT2D eigenvalue weighted by Crippen LogP contribution is -2.24. The number of hydrogen-bond donors (Lipinski definition) is 0. The molecule has 1 fully saturated rings. The summed E-state index contributed by atoms with van der Waals surface area (Å²) in [5, 5.41) is 0. The minimum atomic E-state index is 0.700. The van der Waals surface area contributed by atoms with Gasteiger partial charge in [0, 0.05) is 18.8 Å². The van der Waals surface area contributed by atoms with Crippen molar-refractivity contribution in [3.05, 3.63) is 59.2 Å². The Morgan fingerprint density at radius 1 is 0.963 bits per heavy atom. The molecule has 2 nitrogen and oxygen atoms in total. The first-order chi connectivity index (χ1) is 13.2. The first-order valence-electron chi connectivity index (χ1n) is 10.7. The fraction of sp³-hybridized carbons (Fsp3) is 0.520. The molecule has 0 saturated heterocycles. The van der Waals surface area contributed by atoms with Crippen LogP contribution in [-0.2, 0) is 6.54 Å². The van der Waals surface area contributed by atoms with Gasteiger partial charge in [-0.05, 0) is 61.4 Å². The van der Waals surface area contributed by atoms with Gasteiger partial charge in [-0.1, -0.05) is 62.4 Å². The maximum atomic E-state index is 5.62. The van der Waals surface area contributed by atoms with Gasteiger partial charge in [0.1, 0.15) is 5.75 Å². The summed E-state index contributed by atoms with van der Waals surface area (Å²) >= 11 is 0. The third-order valence-electron chi connectivity index (χ3n) is 5.62. The maximum Gasteiger partial charge on any atom is 0.122 e. The van der Waals surface area contributed by atoms with Crippen molar-refractivity contribution in [3.63, 3.8) is 0 Å². The minimum absolute atomic E-state index is 0.700. The second-order valence-corrected chi connectivity index (χ2v) is 8.02. The van der Waals surface area contributed by atoms with E-state index in [0.29, 0.717) is 5.92 Å². The van der Waals surface area contributed by atoms with Crippen LogP contribution < -0.4 is 9.64 Å². The van der Waals surface area contributed by atoms with E-state index in [1.54, 1.807) is 7.11 Å². The number of anilines is 1. The molecule has 0 atom stereocenters. The summed E-state index contributed by atoms with van der Waals surface area (Å²) < 4.78 is 5.62. The quantitative estimate of drug-likeness (QED) is 0.403. The van der Waals surface area contributed by atoms with Crippen LogP contribution in [0.25, 0.3) is 0 Å². The molecule has 2 aromatic carbocycles. The lowest BCUT2D eigenvalue weighted by Gasteiger charge is -2.26. The van der Waals surface area contributed by atoms with Gasteiger partial charge < -0.3 is 9.64 Å². The van der Waals surface area contributed by atoms with Crippen molar-refractivity contribution in [3.8, 4) is 5.75 Å². The summed E-state index contributed by atoms with van der Waals surface area (Å²) in [6, 6.07) is 15.8. The number of aryl methyl sites for hydroxylation is 1. The SMILES string of the molecule is CCCCCCCN(Cc1ccc(C)cc1)c1ccc(OC)c(C2CC2)c1. The number of ether oxygens (including phenoxy) is 1. The molecule has 1 aliphatic carbocycles. The van der Waals surface area contributed by atoms with E-state index in [-0.39, 0.29) is 0 Å². The summed E-state index contributed by atoms with van der Waals surface area (Å²) in [6.45, 7) is 6.53. The van der Waals surface area contributed by atoms with Crippen molar-refractivity contribution in [2.45, 2.75) is 71.3 Å². The van der Waals surface area contributed by atoms with Crippen molar-refractivity contribution in [1.82, 2.24) is 0 Å². The molecule has 1 saturated carbocycles. The third kappa shape index (κ3) is 5.76. The van der Waals surface area contributed by atoms with Gasteiger partial charge in [-0.25, -0.2) is 0 Å². The Morgan fingerprint density at radius 2 is 1.70 bits per heavy atom.